The normalized spacial score (nSPS) is 14.1. The maximum absolute atomic E-state index is 13.0. The van der Waals surface area contributed by atoms with Gasteiger partial charge >= 0.3 is 6.18 Å². The van der Waals surface area contributed by atoms with Gasteiger partial charge in [-0.25, -0.2) is 0 Å². The first-order chi connectivity index (χ1) is 14.3. The number of aromatic nitrogens is 4. The molecule has 6 nitrogen and oxygen atoms in total. The molecule has 0 unspecified atom stereocenters. The van der Waals surface area contributed by atoms with Crippen LogP contribution in [0, 0.1) is 6.92 Å². The van der Waals surface area contributed by atoms with E-state index in [1.807, 2.05) is 37.3 Å². The number of aryl methyl sites for hydroxylation is 2. The van der Waals surface area contributed by atoms with E-state index in [0.717, 1.165) is 30.2 Å². The van der Waals surface area contributed by atoms with Crippen LogP contribution >= 0.6 is 0 Å². The van der Waals surface area contributed by atoms with Crippen molar-refractivity contribution in [3.05, 3.63) is 65.1 Å². The first-order valence-electron chi connectivity index (χ1n) is 9.83. The van der Waals surface area contributed by atoms with Gasteiger partial charge in [-0.05, 0) is 31.4 Å². The summed E-state index contributed by atoms with van der Waals surface area (Å²) in [5.74, 6) is 0.213. The molecular formula is C21H22F3N5O. The van der Waals surface area contributed by atoms with Crippen LogP contribution in [0.1, 0.15) is 47.8 Å². The zero-order chi connectivity index (χ0) is 21.3. The minimum atomic E-state index is -4.49. The van der Waals surface area contributed by atoms with Gasteiger partial charge in [-0.1, -0.05) is 30.3 Å². The number of anilines is 1. The lowest BCUT2D eigenvalue weighted by Gasteiger charge is -2.07. The summed E-state index contributed by atoms with van der Waals surface area (Å²) < 4.78 is 42.1. The second-order valence-electron chi connectivity index (χ2n) is 7.56. The Morgan fingerprint density at radius 3 is 2.53 bits per heavy atom. The molecule has 1 amide bonds. The highest BCUT2D eigenvalue weighted by Crippen LogP contribution is 2.42. The predicted molar refractivity (Wildman–Crippen MR) is 105 cm³/mol. The van der Waals surface area contributed by atoms with E-state index < -0.39 is 11.9 Å². The highest BCUT2D eigenvalue weighted by atomic mass is 19.4. The molecule has 1 aliphatic carbocycles. The third kappa shape index (κ3) is 4.72. The Hall–Kier alpha value is -3.10. The van der Waals surface area contributed by atoms with Crippen LogP contribution in [0.25, 0.3) is 0 Å². The van der Waals surface area contributed by atoms with Gasteiger partial charge in [0.25, 0.3) is 0 Å². The lowest BCUT2D eigenvalue weighted by atomic mass is 10.2. The zero-order valence-electron chi connectivity index (χ0n) is 16.5. The number of carbonyl (C=O) groups is 1. The molecule has 158 valence electrons. The molecule has 0 aliphatic heterocycles. The quantitative estimate of drug-likeness (QED) is 0.621. The van der Waals surface area contributed by atoms with Crippen LogP contribution in [0.2, 0.25) is 0 Å². The smallest absolute Gasteiger partial charge is 0.309 e. The molecule has 30 heavy (non-hydrogen) atoms. The number of halogens is 3. The van der Waals surface area contributed by atoms with Crippen molar-refractivity contribution in [3.8, 4) is 0 Å². The molecule has 0 saturated heterocycles. The van der Waals surface area contributed by atoms with Crippen LogP contribution in [0.5, 0.6) is 0 Å². The molecule has 0 atom stereocenters. The molecule has 3 aromatic rings. The van der Waals surface area contributed by atoms with Gasteiger partial charge in [0.15, 0.2) is 11.5 Å². The fraction of sp³-hybridized carbons (Fsp3) is 0.381. The van der Waals surface area contributed by atoms with Gasteiger partial charge in [-0.2, -0.15) is 23.4 Å². The van der Waals surface area contributed by atoms with Crippen molar-refractivity contribution in [3.63, 3.8) is 0 Å². The Kier molecular flexibility index (Phi) is 5.36. The molecule has 1 saturated carbocycles. The Morgan fingerprint density at radius 1 is 1.13 bits per heavy atom. The van der Waals surface area contributed by atoms with E-state index in [4.69, 9.17) is 0 Å². The topological polar surface area (TPSA) is 64.7 Å². The van der Waals surface area contributed by atoms with Gasteiger partial charge in [0.05, 0.1) is 6.54 Å². The van der Waals surface area contributed by atoms with E-state index in [0.29, 0.717) is 18.1 Å². The van der Waals surface area contributed by atoms with E-state index in [1.165, 1.54) is 4.68 Å². The van der Waals surface area contributed by atoms with Crippen molar-refractivity contribution in [2.24, 2.45) is 0 Å². The Labute approximate surface area is 171 Å². The second kappa shape index (κ2) is 7.97. The maximum Gasteiger partial charge on any atom is 0.435 e. The summed E-state index contributed by atoms with van der Waals surface area (Å²) >= 11 is 0. The number of alkyl halides is 3. The van der Waals surface area contributed by atoms with Crippen LogP contribution in [-0.2, 0) is 24.1 Å². The Morgan fingerprint density at radius 2 is 1.87 bits per heavy atom. The monoisotopic (exact) mass is 417 g/mol. The van der Waals surface area contributed by atoms with Crippen molar-refractivity contribution in [2.75, 3.05) is 5.32 Å². The number of hydrogen-bond acceptors (Lipinski definition) is 3. The molecule has 4 rings (SSSR count). The average Bonchev–Trinajstić information content (AvgIpc) is 3.35. The predicted octanol–water partition coefficient (Wildman–Crippen LogP) is 4.36. The third-order valence-electron chi connectivity index (χ3n) is 5.07. The van der Waals surface area contributed by atoms with Gasteiger partial charge in [-0.15, -0.1) is 0 Å². The van der Waals surface area contributed by atoms with Gasteiger partial charge in [-0.3, -0.25) is 14.2 Å². The minimum Gasteiger partial charge on any atom is -0.309 e. The van der Waals surface area contributed by atoms with Crippen molar-refractivity contribution in [2.45, 2.75) is 51.4 Å². The van der Waals surface area contributed by atoms with Crippen LogP contribution in [0.15, 0.2) is 42.5 Å². The number of rotatable bonds is 7. The average molecular weight is 417 g/mol. The molecule has 0 spiro atoms. The fourth-order valence-corrected chi connectivity index (χ4v) is 3.36. The fourth-order valence-electron chi connectivity index (χ4n) is 3.36. The van der Waals surface area contributed by atoms with Crippen molar-refractivity contribution >= 4 is 11.7 Å². The summed E-state index contributed by atoms with van der Waals surface area (Å²) in [6.45, 7) is 2.58. The van der Waals surface area contributed by atoms with Crippen LogP contribution in [0.4, 0.5) is 19.0 Å². The number of carbonyl (C=O) groups excluding carboxylic acids is 1. The van der Waals surface area contributed by atoms with E-state index in [9.17, 15) is 18.0 Å². The van der Waals surface area contributed by atoms with E-state index in [1.54, 1.807) is 10.7 Å². The number of nitrogens with one attached hydrogen (secondary N) is 1. The maximum atomic E-state index is 13.0. The summed E-state index contributed by atoms with van der Waals surface area (Å²) in [6, 6.07) is 12.7. The molecule has 2 heterocycles. The minimum absolute atomic E-state index is 0.0172. The summed E-state index contributed by atoms with van der Waals surface area (Å²) in [7, 11) is 0. The van der Waals surface area contributed by atoms with Crippen LogP contribution in [0.3, 0.4) is 0 Å². The van der Waals surface area contributed by atoms with Crippen molar-refractivity contribution in [1.82, 2.24) is 19.6 Å². The molecule has 1 fully saturated rings. The molecule has 0 radical (unpaired) electrons. The lowest BCUT2D eigenvalue weighted by Crippen LogP contribution is -2.17. The molecule has 1 aromatic carbocycles. The number of nitrogens with zero attached hydrogens (tertiary/aromatic N) is 4. The van der Waals surface area contributed by atoms with Gasteiger partial charge in [0, 0.05) is 36.3 Å². The number of hydrogen-bond donors (Lipinski definition) is 1. The first-order valence-corrected chi connectivity index (χ1v) is 9.83. The highest BCUT2D eigenvalue weighted by Gasteiger charge is 2.37. The number of amides is 1. The number of benzene rings is 1. The summed E-state index contributed by atoms with van der Waals surface area (Å²) in [4.78, 5) is 12.3. The Bertz CT molecular complexity index is 1030. The summed E-state index contributed by atoms with van der Waals surface area (Å²) in [5, 5.41) is 10.8. The molecule has 0 bridgehead atoms. The largest absolute Gasteiger partial charge is 0.435 e. The van der Waals surface area contributed by atoms with Crippen LogP contribution < -0.4 is 5.32 Å². The lowest BCUT2D eigenvalue weighted by molar-refractivity contribution is -0.141. The standard InChI is InChI=1S/C21H22F3N5O/c1-14-11-19(27-29(14)13-15-5-3-2-4-6-15)25-20(30)9-10-28-17(16-7-8-16)12-18(26-28)21(22,23)24/h2-6,11-12,16H,7-10,13H2,1H3,(H,25,27,30). The molecule has 1 N–H and O–H groups in total. The van der Waals surface area contributed by atoms with Gasteiger partial charge in [0.1, 0.15) is 0 Å². The van der Waals surface area contributed by atoms with Crippen molar-refractivity contribution in [1.29, 1.82) is 0 Å². The highest BCUT2D eigenvalue weighted by molar-refractivity contribution is 5.89. The van der Waals surface area contributed by atoms with Gasteiger partial charge < -0.3 is 5.32 Å². The molecule has 9 heteroatoms. The third-order valence-corrected chi connectivity index (χ3v) is 5.07. The Balaban J connectivity index is 1.38. The SMILES string of the molecule is Cc1cc(NC(=O)CCn2nc(C(F)(F)F)cc2C2CC2)nn1Cc1ccccc1. The molecule has 2 aromatic heterocycles. The van der Waals surface area contributed by atoms with E-state index >= 15 is 0 Å². The zero-order valence-corrected chi connectivity index (χ0v) is 16.5. The second-order valence-corrected chi connectivity index (χ2v) is 7.56. The van der Waals surface area contributed by atoms with Crippen LogP contribution in [-0.4, -0.2) is 25.5 Å². The summed E-state index contributed by atoms with van der Waals surface area (Å²) in [5.41, 5.74) is 1.64. The summed E-state index contributed by atoms with van der Waals surface area (Å²) in [6.07, 6.45) is -2.76. The van der Waals surface area contributed by atoms with Crippen molar-refractivity contribution < 1.29 is 18.0 Å². The molecular weight excluding hydrogens is 395 g/mol. The van der Waals surface area contributed by atoms with E-state index in [-0.39, 0.29) is 24.8 Å². The van der Waals surface area contributed by atoms with E-state index in [2.05, 4.69) is 15.5 Å². The first kappa shape index (κ1) is 20.2. The molecule has 1 aliphatic rings. The van der Waals surface area contributed by atoms with Gasteiger partial charge in [0.2, 0.25) is 5.91 Å².